The molecule has 7 heteroatoms. The third-order valence-corrected chi connectivity index (χ3v) is 7.71. The standard InChI is InChI=1S/C22H27ClN2O3S/c1-29(27,28)25(18-3-2-4-18)14-15-5-7-16(8-6-15)20-13-24-10-9-17-11-21(23)22(26)12-19(17)20/h5-8,11-12,18,20,24,26H,2-4,9-10,13-14H2,1H3/t20-/m1/s1. The van der Waals surface area contributed by atoms with Crippen molar-refractivity contribution in [2.75, 3.05) is 19.3 Å². The Morgan fingerprint density at radius 3 is 2.55 bits per heavy atom. The predicted molar refractivity (Wildman–Crippen MR) is 116 cm³/mol. The predicted octanol–water partition coefficient (Wildman–Crippen LogP) is 3.64. The molecular formula is C22H27ClN2O3S. The van der Waals surface area contributed by atoms with E-state index >= 15 is 0 Å². The van der Waals surface area contributed by atoms with Crippen molar-refractivity contribution in [3.8, 4) is 5.75 Å². The molecule has 29 heavy (non-hydrogen) atoms. The van der Waals surface area contributed by atoms with E-state index in [9.17, 15) is 13.5 Å². The highest BCUT2D eigenvalue weighted by Gasteiger charge is 2.31. The van der Waals surface area contributed by atoms with Crippen LogP contribution in [0.3, 0.4) is 0 Å². The van der Waals surface area contributed by atoms with Gasteiger partial charge in [0.05, 0.1) is 11.3 Å². The molecule has 0 bridgehead atoms. The summed E-state index contributed by atoms with van der Waals surface area (Å²) in [6.45, 7) is 2.07. The Bertz CT molecular complexity index is 988. The van der Waals surface area contributed by atoms with Gasteiger partial charge in [0, 0.05) is 25.0 Å². The Kier molecular flexibility index (Phi) is 5.89. The smallest absolute Gasteiger partial charge is 0.211 e. The summed E-state index contributed by atoms with van der Waals surface area (Å²) in [7, 11) is -3.22. The average Bonchev–Trinajstić information content (AvgIpc) is 2.82. The summed E-state index contributed by atoms with van der Waals surface area (Å²) >= 11 is 6.12. The first-order valence-corrected chi connectivity index (χ1v) is 12.3. The Morgan fingerprint density at radius 1 is 1.21 bits per heavy atom. The van der Waals surface area contributed by atoms with Gasteiger partial charge in [0.1, 0.15) is 5.75 Å². The number of sulfonamides is 1. The molecule has 2 aromatic carbocycles. The number of benzene rings is 2. The molecule has 1 heterocycles. The molecule has 1 aliphatic heterocycles. The number of rotatable bonds is 5. The number of aromatic hydroxyl groups is 1. The van der Waals surface area contributed by atoms with Gasteiger partial charge in [-0.3, -0.25) is 0 Å². The Hall–Kier alpha value is -1.60. The molecule has 1 fully saturated rings. The summed E-state index contributed by atoms with van der Waals surface area (Å²) in [5, 5.41) is 14.0. The number of phenolic OH excluding ortho intramolecular Hbond substituents is 1. The van der Waals surface area contributed by atoms with Crippen LogP contribution in [-0.2, 0) is 23.0 Å². The van der Waals surface area contributed by atoms with Crippen LogP contribution in [0.2, 0.25) is 5.02 Å². The van der Waals surface area contributed by atoms with E-state index < -0.39 is 10.0 Å². The molecule has 5 nitrogen and oxygen atoms in total. The number of fused-ring (bicyclic) bond motifs is 1. The molecule has 0 spiro atoms. The lowest BCUT2D eigenvalue weighted by molar-refractivity contribution is 0.215. The zero-order valence-corrected chi connectivity index (χ0v) is 18.1. The zero-order valence-electron chi connectivity index (χ0n) is 16.6. The van der Waals surface area contributed by atoms with Crippen molar-refractivity contribution in [2.24, 2.45) is 0 Å². The first-order chi connectivity index (χ1) is 13.8. The molecule has 2 N–H and O–H groups in total. The quantitative estimate of drug-likeness (QED) is 0.753. The molecule has 0 radical (unpaired) electrons. The maximum atomic E-state index is 12.2. The number of halogens is 1. The second-order valence-electron chi connectivity index (χ2n) is 8.14. The van der Waals surface area contributed by atoms with Gasteiger partial charge in [-0.2, -0.15) is 4.31 Å². The normalized spacial score (nSPS) is 20.2. The van der Waals surface area contributed by atoms with Gasteiger partial charge in [-0.15, -0.1) is 0 Å². The SMILES string of the molecule is CS(=O)(=O)N(Cc1ccc([C@H]2CNCCc3cc(Cl)c(O)cc32)cc1)C1CCC1. The average molecular weight is 435 g/mol. The Labute approximate surface area is 177 Å². The third kappa shape index (κ3) is 4.45. The fraction of sp³-hybridized carbons (Fsp3) is 0.455. The molecule has 1 saturated carbocycles. The maximum Gasteiger partial charge on any atom is 0.211 e. The van der Waals surface area contributed by atoms with E-state index in [1.807, 2.05) is 18.2 Å². The molecule has 0 amide bonds. The molecule has 0 aromatic heterocycles. The van der Waals surface area contributed by atoms with E-state index in [-0.39, 0.29) is 17.7 Å². The monoisotopic (exact) mass is 434 g/mol. The minimum atomic E-state index is -3.22. The first kappa shape index (κ1) is 20.7. The second kappa shape index (κ2) is 8.26. The first-order valence-electron chi connectivity index (χ1n) is 10.1. The van der Waals surface area contributed by atoms with Crippen LogP contribution in [0.1, 0.15) is 47.4 Å². The van der Waals surface area contributed by atoms with Gasteiger partial charge < -0.3 is 10.4 Å². The Balaban J connectivity index is 1.59. The van der Waals surface area contributed by atoms with Crippen LogP contribution in [0.4, 0.5) is 0 Å². The lowest BCUT2D eigenvalue weighted by Crippen LogP contribution is -2.43. The van der Waals surface area contributed by atoms with Gasteiger partial charge in [-0.1, -0.05) is 42.3 Å². The van der Waals surface area contributed by atoms with Crippen molar-refractivity contribution < 1.29 is 13.5 Å². The molecule has 1 aliphatic carbocycles. The van der Waals surface area contributed by atoms with E-state index in [0.29, 0.717) is 11.6 Å². The minimum Gasteiger partial charge on any atom is -0.506 e. The van der Waals surface area contributed by atoms with Crippen molar-refractivity contribution >= 4 is 21.6 Å². The van der Waals surface area contributed by atoms with Crippen LogP contribution in [0, 0.1) is 0 Å². The van der Waals surface area contributed by atoms with Crippen LogP contribution in [0.15, 0.2) is 36.4 Å². The van der Waals surface area contributed by atoms with Crippen molar-refractivity contribution in [3.05, 3.63) is 63.7 Å². The summed E-state index contributed by atoms with van der Waals surface area (Å²) in [5.41, 5.74) is 4.38. The van der Waals surface area contributed by atoms with Gasteiger partial charge in [-0.25, -0.2) is 8.42 Å². The number of nitrogens with zero attached hydrogens (tertiary/aromatic N) is 1. The lowest BCUT2D eigenvalue weighted by atomic mass is 9.87. The lowest BCUT2D eigenvalue weighted by Gasteiger charge is -2.35. The number of hydrogen-bond acceptors (Lipinski definition) is 4. The van der Waals surface area contributed by atoms with Crippen molar-refractivity contribution in [2.45, 2.75) is 44.2 Å². The summed E-state index contributed by atoms with van der Waals surface area (Å²) in [4.78, 5) is 0. The number of phenols is 1. The third-order valence-electron chi connectivity index (χ3n) is 6.13. The van der Waals surface area contributed by atoms with Gasteiger partial charge in [0.15, 0.2) is 0 Å². The highest BCUT2D eigenvalue weighted by molar-refractivity contribution is 7.88. The van der Waals surface area contributed by atoms with E-state index in [1.165, 1.54) is 6.26 Å². The summed E-state index contributed by atoms with van der Waals surface area (Å²) in [5.74, 6) is 0.223. The summed E-state index contributed by atoms with van der Waals surface area (Å²) < 4.78 is 26.0. The number of hydrogen-bond donors (Lipinski definition) is 2. The minimum absolute atomic E-state index is 0.109. The highest BCUT2D eigenvalue weighted by Crippen LogP contribution is 2.36. The van der Waals surface area contributed by atoms with Crippen LogP contribution >= 0.6 is 11.6 Å². The fourth-order valence-electron chi connectivity index (χ4n) is 4.26. The van der Waals surface area contributed by atoms with Crippen molar-refractivity contribution in [3.63, 3.8) is 0 Å². The van der Waals surface area contributed by atoms with E-state index in [0.717, 1.165) is 61.0 Å². The second-order valence-corrected chi connectivity index (χ2v) is 10.5. The topological polar surface area (TPSA) is 69.6 Å². The highest BCUT2D eigenvalue weighted by atomic mass is 35.5. The molecule has 2 aromatic rings. The zero-order chi connectivity index (χ0) is 20.6. The number of nitrogens with one attached hydrogen (secondary N) is 1. The molecule has 156 valence electrons. The van der Waals surface area contributed by atoms with Crippen LogP contribution < -0.4 is 5.32 Å². The summed E-state index contributed by atoms with van der Waals surface area (Å²) in [6.07, 6.45) is 5.16. The van der Waals surface area contributed by atoms with Crippen molar-refractivity contribution in [1.82, 2.24) is 9.62 Å². The maximum absolute atomic E-state index is 12.2. The molecule has 1 atom stereocenters. The molecule has 0 unspecified atom stereocenters. The molecule has 4 rings (SSSR count). The van der Waals surface area contributed by atoms with E-state index in [2.05, 4.69) is 17.4 Å². The van der Waals surface area contributed by atoms with E-state index in [4.69, 9.17) is 11.6 Å². The van der Waals surface area contributed by atoms with Crippen molar-refractivity contribution in [1.29, 1.82) is 0 Å². The molecular weight excluding hydrogens is 408 g/mol. The van der Waals surface area contributed by atoms with Gasteiger partial charge in [0.25, 0.3) is 0 Å². The van der Waals surface area contributed by atoms with Crippen LogP contribution in [0.25, 0.3) is 0 Å². The fourth-order valence-corrected chi connectivity index (χ4v) is 5.59. The molecule has 0 saturated heterocycles. The largest absolute Gasteiger partial charge is 0.506 e. The van der Waals surface area contributed by atoms with Gasteiger partial charge >= 0.3 is 0 Å². The Morgan fingerprint density at radius 2 is 1.93 bits per heavy atom. The van der Waals surface area contributed by atoms with Gasteiger partial charge in [-0.05, 0) is 60.2 Å². The van der Waals surface area contributed by atoms with Crippen LogP contribution in [-0.4, -0.2) is 43.2 Å². The van der Waals surface area contributed by atoms with Gasteiger partial charge in [0.2, 0.25) is 10.0 Å². The van der Waals surface area contributed by atoms with Crippen LogP contribution in [0.5, 0.6) is 5.75 Å². The summed E-state index contributed by atoms with van der Waals surface area (Å²) in [6, 6.07) is 12.0. The van der Waals surface area contributed by atoms with E-state index in [1.54, 1.807) is 10.4 Å². The molecule has 2 aliphatic rings.